The van der Waals surface area contributed by atoms with E-state index in [9.17, 15) is 4.79 Å². The number of hydrazine groups is 1. The van der Waals surface area contributed by atoms with Crippen LogP contribution >= 0.6 is 0 Å². The third-order valence-corrected chi connectivity index (χ3v) is 3.22. The molecule has 0 unspecified atom stereocenters. The minimum Gasteiger partial charge on any atom is -0.298 e. The lowest BCUT2D eigenvalue weighted by molar-refractivity contribution is 0.0962. The zero-order chi connectivity index (χ0) is 14.7. The monoisotopic (exact) mass is 277 g/mol. The van der Waals surface area contributed by atoms with Crippen molar-refractivity contribution < 1.29 is 4.79 Å². The number of aryl methyl sites for hydroxylation is 1. The molecule has 2 N–H and O–H groups in total. The van der Waals surface area contributed by atoms with Crippen molar-refractivity contribution in [3.05, 3.63) is 71.9 Å². The highest BCUT2D eigenvalue weighted by Crippen LogP contribution is 2.13. The number of fused-ring (bicyclic) bond motifs is 1. The van der Waals surface area contributed by atoms with Gasteiger partial charge in [0.25, 0.3) is 5.91 Å². The molecule has 1 amide bonds. The Morgan fingerprint density at radius 1 is 1.05 bits per heavy atom. The van der Waals surface area contributed by atoms with E-state index in [0.717, 1.165) is 16.6 Å². The molecule has 0 aliphatic carbocycles. The number of benzene rings is 2. The van der Waals surface area contributed by atoms with Crippen molar-refractivity contribution in [2.75, 3.05) is 5.43 Å². The quantitative estimate of drug-likeness (QED) is 0.722. The first-order chi connectivity index (χ1) is 10.2. The van der Waals surface area contributed by atoms with Crippen LogP contribution in [0, 0.1) is 6.92 Å². The number of aromatic nitrogens is 1. The zero-order valence-electron chi connectivity index (χ0n) is 11.6. The molecule has 4 nitrogen and oxygen atoms in total. The third kappa shape index (κ3) is 3.00. The average Bonchev–Trinajstić information content (AvgIpc) is 2.53. The van der Waals surface area contributed by atoms with Crippen LogP contribution in [0.1, 0.15) is 15.9 Å². The van der Waals surface area contributed by atoms with Gasteiger partial charge in [0.1, 0.15) is 0 Å². The molecule has 0 saturated heterocycles. The largest absolute Gasteiger partial charge is 0.298 e. The van der Waals surface area contributed by atoms with E-state index in [1.54, 1.807) is 6.20 Å². The van der Waals surface area contributed by atoms with E-state index in [-0.39, 0.29) is 5.91 Å². The molecular formula is C17H15N3O. The summed E-state index contributed by atoms with van der Waals surface area (Å²) in [6.45, 7) is 2.02. The molecule has 0 spiro atoms. The number of rotatable bonds is 3. The van der Waals surface area contributed by atoms with Crippen LogP contribution in [0.25, 0.3) is 10.9 Å². The van der Waals surface area contributed by atoms with Gasteiger partial charge in [-0.15, -0.1) is 0 Å². The van der Waals surface area contributed by atoms with Crippen molar-refractivity contribution in [3.8, 4) is 0 Å². The molecule has 0 aliphatic rings. The van der Waals surface area contributed by atoms with E-state index >= 15 is 0 Å². The van der Waals surface area contributed by atoms with Crippen molar-refractivity contribution in [3.63, 3.8) is 0 Å². The summed E-state index contributed by atoms with van der Waals surface area (Å²) in [5.74, 6) is -0.214. The summed E-state index contributed by atoms with van der Waals surface area (Å²) >= 11 is 0. The van der Waals surface area contributed by atoms with Crippen LogP contribution in [0.4, 0.5) is 5.69 Å². The number of nitrogens with zero attached hydrogens (tertiary/aromatic N) is 1. The Morgan fingerprint density at radius 2 is 1.81 bits per heavy atom. The predicted octanol–water partition coefficient (Wildman–Crippen LogP) is 3.30. The van der Waals surface area contributed by atoms with Gasteiger partial charge in [0.05, 0.1) is 16.8 Å². The molecule has 4 heteroatoms. The molecule has 0 bridgehead atoms. The fourth-order valence-corrected chi connectivity index (χ4v) is 2.03. The second-order valence-corrected chi connectivity index (χ2v) is 4.86. The summed E-state index contributed by atoms with van der Waals surface area (Å²) in [6, 6.07) is 17.3. The molecule has 0 aliphatic heterocycles. The Bertz CT molecular complexity index is 781. The molecule has 0 saturated carbocycles. The van der Waals surface area contributed by atoms with E-state index in [0.29, 0.717) is 5.56 Å². The van der Waals surface area contributed by atoms with E-state index in [1.165, 1.54) is 5.56 Å². The lowest BCUT2D eigenvalue weighted by atomic mass is 10.1. The van der Waals surface area contributed by atoms with Gasteiger partial charge in [-0.05, 0) is 31.2 Å². The third-order valence-electron chi connectivity index (χ3n) is 3.22. The maximum absolute atomic E-state index is 12.1. The van der Waals surface area contributed by atoms with Gasteiger partial charge in [0, 0.05) is 11.6 Å². The number of hydrogen-bond donors (Lipinski definition) is 2. The van der Waals surface area contributed by atoms with Crippen molar-refractivity contribution in [1.82, 2.24) is 10.4 Å². The second kappa shape index (κ2) is 5.63. The Balaban J connectivity index is 1.73. The van der Waals surface area contributed by atoms with Crippen LogP contribution in [0.5, 0.6) is 0 Å². The van der Waals surface area contributed by atoms with Gasteiger partial charge in [-0.25, -0.2) is 0 Å². The Morgan fingerprint density at radius 3 is 2.62 bits per heavy atom. The van der Waals surface area contributed by atoms with Crippen LogP contribution in [0.2, 0.25) is 0 Å². The van der Waals surface area contributed by atoms with Gasteiger partial charge in [-0.1, -0.05) is 35.9 Å². The van der Waals surface area contributed by atoms with Crippen LogP contribution in [0.3, 0.4) is 0 Å². The van der Waals surface area contributed by atoms with Gasteiger partial charge in [0.15, 0.2) is 0 Å². The summed E-state index contributed by atoms with van der Waals surface area (Å²) in [7, 11) is 0. The van der Waals surface area contributed by atoms with E-state index in [2.05, 4.69) is 15.8 Å². The normalized spacial score (nSPS) is 10.3. The van der Waals surface area contributed by atoms with Gasteiger partial charge in [-0.2, -0.15) is 0 Å². The molecule has 0 fully saturated rings. The number of carbonyl (C=O) groups is 1. The van der Waals surface area contributed by atoms with Crippen LogP contribution in [0.15, 0.2) is 60.8 Å². The summed E-state index contributed by atoms with van der Waals surface area (Å²) in [5, 5.41) is 0.945. The molecular weight excluding hydrogens is 262 g/mol. The maximum Gasteiger partial charge on any atom is 0.271 e. The first-order valence-corrected chi connectivity index (χ1v) is 6.70. The Hall–Kier alpha value is -2.88. The summed E-state index contributed by atoms with van der Waals surface area (Å²) < 4.78 is 0. The smallest absolute Gasteiger partial charge is 0.271 e. The van der Waals surface area contributed by atoms with Gasteiger partial charge >= 0.3 is 0 Å². The second-order valence-electron chi connectivity index (χ2n) is 4.86. The minimum absolute atomic E-state index is 0.214. The topological polar surface area (TPSA) is 54.0 Å². The minimum atomic E-state index is -0.214. The van der Waals surface area contributed by atoms with Crippen LogP contribution in [-0.4, -0.2) is 10.9 Å². The van der Waals surface area contributed by atoms with Crippen molar-refractivity contribution >= 4 is 22.5 Å². The molecule has 3 aromatic rings. The lowest BCUT2D eigenvalue weighted by Crippen LogP contribution is -2.29. The van der Waals surface area contributed by atoms with Crippen LogP contribution in [-0.2, 0) is 0 Å². The molecule has 3 rings (SSSR count). The number of anilines is 1. The predicted molar refractivity (Wildman–Crippen MR) is 84.0 cm³/mol. The number of para-hydroxylation sites is 1. The maximum atomic E-state index is 12.1. The Kier molecular flexibility index (Phi) is 3.51. The van der Waals surface area contributed by atoms with Gasteiger partial charge < -0.3 is 0 Å². The zero-order valence-corrected chi connectivity index (χ0v) is 11.6. The Labute approximate surface area is 122 Å². The fourth-order valence-electron chi connectivity index (χ4n) is 2.03. The summed E-state index contributed by atoms with van der Waals surface area (Å²) in [5.41, 5.74) is 8.97. The molecule has 1 heterocycles. The molecule has 1 aromatic heterocycles. The number of amides is 1. The number of carbonyl (C=O) groups excluding carboxylic acids is 1. The number of hydrogen-bond acceptors (Lipinski definition) is 3. The highest BCUT2D eigenvalue weighted by atomic mass is 16.2. The summed E-state index contributed by atoms with van der Waals surface area (Å²) in [4.78, 5) is 16.4. The van der Waals surface area contributed by atoms with Crippen molar-refractivity contribution in [2.45, 2.75) is 6.92 Å². The SMILES string of the molecule is Cc1ccc(NNC(=O)c2cnc3ccccc3c2)cc1. The molecule has 0 atom stereocenters. The van der Waals surface area contributed by atoms with E-state index < -0.39 is 0 Å². The van der Waals surface area contributed by atoms with E-state index in [1.807, 2.05) is 61.5 Å². The molecule has 104 valence electrons. The molecule has 0 radical (unpaired) electrons. The first-order valence-electron chi connectivity index (χ1n) is 6.70. The average molecular weight is 277 g/mol. The highest BCUT2D eigenvalue weighted by molar-refractivity contribution is 5.97. The van der Waals surface area contributed by atoms with E-state index in [4.69, 9.17) is 0 Å². The number of pyridine rings is 1. The van der Waals surface area contributed by atoms with Crippen molar-refractivity contribution in [2.24, 2.45) is 0 Å². The van der Waals surface area contributed by atoms with Crippen molar-refractivity contribution in [1.29, 1.82) is 0 Å². The molecule has 2 aromatic carbocycles. The highest BCUT2D eigenvalue weighted by Gasteiger charge is 2.06. The lowest BCUT2D eigenvalue weighted by Gasteiger charge is -2.09. The fraction of sp³-hybridized carbons (Fsp3) is 0.0588. The van der Waals surface area contributed by atoms with Gasteiger partial charge in [0.2, 0.25) is 0 Å². The molecule has 21 heavy (non-hydrogen) atoms. The first kappa shape index (κ1) is 13.1. The van der Waals surface area contributed by atoms with Crippen LogP contribution < -0.4 is 10.9 Å². The van der Waals surface area contributed by atoms with Gasteiger partial charge in [-0.3, -0.25) is 20.6 Å². The summed E-state index contributed by atoms with van der Waals surface area (Å²) in [6.07, 6.45) is 1.58. The standard InChI is InChI=1S/C17H15N3O/c1-12-6-8-15(9-7-12)19-20-17(21)14-10-13-4-2-3-5-16(13)18-11-14/h2-11,19H,1H3,(H,20,21). The number of nitrogens with one attached hydrogen (secondary N) is 2.